The van der Waals surface area contributed by atoms with E-state index in [0.717, 1.165) is 25.7 Å². The van der Waals surface area contributed by atoms with Gasteiger partial charge in [0.05, 0.1) is 18.6 Å². The standard InChI is InChI=1S/C21H35N3O3/c1-13(20(27)24(5)12-6-11-22)16-7-9-21(4)10-8-17(23-15(3)25)14(2)18(21)19(16)26/h13-14,16-19,26H,6-10,12H2,1-5H3,(H,23,25)/t13-,14+,16+,17-,18+,19-,21-/m0/s1. The zero-order chi connectivity index (χ0) is 20.4. The minimum Gasteiger partial charge on any atom is -0.392 e. The molecular weight excluding hydrogens is 342 g/mol. The second-order valence-electron chi connectivity index (χ2n) is 9.03. The van der Waals surface area contributed by atoms with E-state index in [9.17, 15) is 14.7 Å². The zero-order valence-corrected chi connectivity index (χ0v) is 17.4. The Labute approximate surface area is 163 Å². The molecule has 152 valence electrons. The topological polar surface area (TPSA) is 93.4 Å². The summed E-state index contributed by atoms with van der Waals surface area (Å²) in [5.74, 6) is -0.148. The molecule has 2 saturated carbocycles. The van der Waals surface area contributed by atoms with Crippen LogP contribution in [0.5, 0.6) is 0 Å². The lowest BCUT2D eigenvalue weighted by Gasteiger charge is -2.56. The van der Waals surface area contributed by atoms with E-state index in [2.05, 4.69) is 25.2 Å². The quantitative estimate of drug-likeness (QED) is 0.769. The summed E-state index contributed by atoms with van der Waals surface area (Å²) < 4.78 is 0. The van der Waals surface area contributed by atoms with Crippen molar-refractivity contribution in [2.75, 3.05) is 13.6 Å². The maximum absolute atomic E-state index is 12.8. The molecular formula is C21H35N3O3. The Morgan fingerprint density at radius 2 is 2.00 bits per heavy atom. The minimum atomic E-state index is -0.557. The van der Waals surface area contributed by atoms with Gasteiger partial charge in [0.25, 0.3) is 0 Å². The van der Waals surface area contributed by atoms with Gasteiger partial charge in [0.15, 0.2) is 0 Å². The number of carbonyl (C=O) groups excluding carboxylic acids is 2. The molecule has 2 fully saturated rings. The van der Waals surface area contributed by atoms with Crippen molar-refractivity contribution in [1.82, 2.24) is 10.2 Å². The van der Waals surface area contributed by atoms with E-state index in [1.807, 2.05) is 6.92 Å². The van der Waals surface area contributed by atoms with Gasteiger partial charge in [0.1, 0.15) is 0 Å². The van der Waals surface area contributed by atoms with Gasteiger partial charge in [-0.3, -0.25) is 9.59 Å². The molecule has 0 saturated heterocycles. The number of hydrogen-bond acceptors (Lipinski definition) is 4. The van der Waals surface area contributed by atoms with Gasteiger partial charge >= 0.3 is 0 Å². The Balaban J connectivity index is 2.15. The van der Waals surface area contributed by atoms with Gasteiger partial charge in [0, 0.05) is 32.5 Å². The number of carbonyl (C=O) groups is 2. The van der Waals surface area contributed by atoms with Crippen molar-refractivity contribution in [3.05, 3.63) is 0 Å². The number of amides is 2. The molecule has 7 atom stereocenters. The number of nitrogens with zero attached hydrogens (tertiary/aromatic N) is 2. The van der Waals surface area contributed by atoms with Crippen LogP contribution in [0, 0.1) is 40.4 Å². The lowest BCUT2D eigenvalue weighted by molar-refractivity contribution is -0.149. The summed E-state index contributed by atoms with van der Waals surface area (Å²) in [6, 6.07) is 2.15. The summed E-state index contributed by atoms with van der Waals surface area (Å²) in [7, 11) is 1.73. The molecule has 6 nitrogen and oxygen atoms in total. The normalized spacial score (nSPS) is 36.9. The number of nitriles is 1. The summed E-state index contributed by atoms with van der Waals surface area (Å²) in [6.07, 6.45) is 3.52. The van der Waals surface area contributed by atoms with Crippen LogP contribution in [0.4, 0.5) is 0 Å². The van der Waals surface area contributed by atoms with Crippen molar-refractivity contribution >= 4 is 11.8 Å². The van der Waals surface area contributed by atoms with Gasteiger partial charge < -0.3 is 15.3 Å². The molecule has 0 unspecified atom stereocenters. The van der Waals surface area contributed by atoms with Crippen molar-refractivity contribution in [1.29, 1.82) is 5.26 Å². The number of fused-ring (bicyclic) bond motifs is 1. The zero-order valence-electron chi connectivity index (χ0n) is 17.4. The first-order valence-electron chi connectivity index (χ1n) is 10.2. The molecule has 0 spiro atoms. The summed E-state index contributed by atoms with van der Waals surface area (Å²) in [5.41, 5.74) is 0.0553. The summed E-state index contributed by atoms with van der Waals surface area (Å²) in [6.45, 7) is 8.24. The highest BCUT2D eigenvalue weighted by atomic mass is 16.3. The molecule has 0 radical (unpaired) electrons. The molecule has 6 heteroatoms. The SMILES string of the molecule is CC(=O)N[C@H]1CC[C@]2(C)CC[C@H]([C@H](C)C(=O)N(C)CCC#N)[C@H](O)[C@H]2[C@@H]1C. The number of nitrogens with one attached hydrogen (secondary N) is 1. The molecule has 2 aliphatic rings. The third-order valence-electron chi connectivity index (χ3n) is 7.24. The van der Waals surface area contributed by atoms with Crippen LogP contribution in [-0.4, -0.2) is 47.6 Å². The molecule has 2 aliphatic carbocycles. The Hall–Kier alpha value is -1.61. The van der Waals surface area contributed by atoms with Gasteiger partial charge in [-0.2, -0.15) is 5.26 Å². The van der Waals surface area contributed by atoms with Crippen LogP contribution in [0.3, 0.4) is 0 Å². The molecule has 2 amide bonds. The maximum Gasteiger partial charge on any atom is 0.225 e. The van der Waals surface area contributed by atoms with Crippen LogP contribution in [0.25, 0.3) is 0 Å². The molecule has 2 N–H and O–H groups in total. The third-order valence-corrected chi connectivity index (χ3v) is 7.24. The van der Waals surface area contributed by atoms with Gasteiger partial charge in [0.2, 0.25) is 11.8 Å². The molecule has 2 rings (SSSR count). The summed E-state index contributed by atoms with van der Waals surface area (Å²) in [4.78, 5) is 25.9. The summed E-state index contributed by atoms with van der Waals surface area (Å²) in [5, 5.41) is 23.1. The first-order valence-corrected chi connectivity index (χ1v) is 10.2. The van der Waals surface area contributed by atoms with E-state index in [1.54, 1.807) is 18.9 Å². The van der Waals surface area contributed by atoms with E-state index in [4.69, 9.17) is 5.26 Å². The van der Waals surface area contributed by atoms with Crippen LogP contribution < -0.4 is 5.32 Å². The Bertz CT molecular complexity index is 602. The van der Waals surface area contributed by atoms with Crippen molar-refractivity contribution < 1.29 is 14.7 Å². The smallest absolute Gasteiger partial charge is 0.225 e. The van der Waals surface area contributed by atoms with Gasteiger partial charge in [-0.25, -0.2) is 0 Å². The predicted molar refractivity (Wildman–Crippen MR) is 103 cm³/mol. The second-order valence-corrected chi connectivity index (χ2v) is 9.03. The molecule has 0 aromatic carbocycles. The largest absolute Gasteiger partial charge is 0.392 e. The van der Waals surface area contributed by atoms with Crippen molar-refractivity contribution in [3.8, 4) is 6.07 Å². The highest BCUT2D eigenvalue weighted by Crippen LogP contribution is 2.55. The van der Waals surface area contributed by atoms with Crippen molar-refractivity contribution in [3.63, 3.8) is 0 Å². The molecule has 0 aromatic heterocycles. The fourth-order valence-corrected chi connectivity index (χ4v) is 5.62. The number of hydrogen-bond donors (Lipinski definition) is 2. The molecule has 0 aromatic rings. The average molecular weight is 378 g/mol. The van der Waals surface area contributed by atoms with Crippen LogP contribution in [-0.2, 0) is 9.59 Å². The van der Waals surface area contributed by atoms with Gasteiger partial charge in [-0.1, -0.05) is 20.8 Å². The molecule has 27 heavy (non-hydrogen) atoms. The monoisotopic (exact) mass is 377 g/mol. The lowest BCUT2D eigenvalue weighted by Crippen LogP contribution is -2.58. The molecule has 0 bridgehead atoms. The number of aliphatic hydroxyl groups is 1. The lowest BCUT2D eigenvalue weighted by atomic mass is 9.51. The highest BCUT2D eigenvalue weighted by Gasteiger charge is 2.53. The first kappa shape index (κ1) is 21.7. The third kappa shape index (κ3) is 4.45. The van der Waals surface area contributed by atoms with E-state index < -0.39 is 6.10 Å². The van der Waals surface area contributed by atoms with Crippen molar-refractivity contribution in [2.45, 2.75) is 71.9 Å². The van der Waals surface area contributed by atoms with Crippen LogP contribution in [0.1, 0.15) is 59.8 Å². The average Bonchev–Trinajstić information content (AvgIpc) is 2.61. The van der Waals surface area contributed by atoms with Crippen LogP contribution in [0.15, 0.2) is 0 Å². The molecule has 0 aliphatic heterocycles. The van der Waals surface area contributed by atoms with Gasteiger partial charge in [-0.15, -0.1) is 0 Å². The number of aliphatic hydroxyl groups excluding tert-OH is 1. The fraction of sp³-hybridized carbons (Fsp3) is 0.857. The summed E-state index contributed by atoms with van der Waals surface area (Å²) >= 11 is 0. The Kier molecular flexibility index (Phi) is 6.91. The van der Waals surface area contributed by atoms with E-state index in [1.165, 1.54) is 0 Å². The first-order chi connectivity index (χ1) is 12.6. The Morgan fingerprint density at radius 3 is 2.59 bits per heavy atom. The maximum atomic E-state index is 12.8. The van der Waals surface area contributed by atoms with E-state index >= 15 is 0 Å². The fourth-order valence-electron chi connectivity index (χ4n) is 5.62. The van der Waals surface area contributed by atoms with Crippen LogP contribution in [0.2, 0.25) is 0 Å². The van der Waals surface area contributed by atoms with E-state index in [-0.39, 0.29) is 46.9 Å². The highest BCUT2D eigenvalue weighted by molar-refractivity contribution is 5.78. The Morgan fingerprint density at radius 1 is 1.37 bits per heavy atom. The predicted octanol–water partition coefficient (Wildman–Crippen LogP) is 2.32. The second kappa shape index (κ2) is 8.60. The minimum absolute atomic E-state index is 0.000207. The van der Waals surface area contributed by atoms with Crippen molar-refractivity contribution in [2.24, 2.45) is 29.1 Å². The van der Waals surface area contributed by atoms with E-state index in [0.29, 0.717) is 13.0 Å². The number of rotatable bonds is 5. The van der Waals surface area contributed by atoms with Crippen LogP contribution >= 0.6 is 0 Å². The molecule has 0 heterocycles. The van der Waals surface area contributed by atoms with Gasteiger partial charge in [-0.05, 0) is 48.9 Å².